The third kappa shape index (κ3) is 6.72. The maximum atomic E-state index is 13.3. The van der Waals surface area contributed by atoms with Crippen molar-refractivity contribution in [3.63, 3.8) is 0 Å². The van der Waals surface area contributed by atoms with E-state index in [0.29, 0.717) is 16.9 Å². The van der Waals surface area contributed by atoms with Gasteiger partial charge < -0.3 is 14.8 Å². The predicted octanol–water partition coefficient (Wildman–Crippen LogP) is 5.94. The van der Waals surface area contributed by atoms with Gasteiger partial charge in [0.15, 0.2) is 5.75 Å². The lowest BCUT2D eigenvalue weighted by atomic mass is 10.1. The average Bonchev–Trinajstić information content (AvgIpc) is 2.81. The standard InChI is InChI=1S/C25H19Cl2FN2O3/c1-32-21-7-5-16(6-8-21)14-30-25(31)19(13-29)9-18-11-22(26)24(23(27)12-18)33-15-17-3-2-4-20(28)10-17/h2-12H,14-15H2,1H3,(H,30,31)/b19-9-. The van der Waals surface area contributed by atoms with Crippen LogP contribution in [0, 0.1) is 17.1 Å². The van der Waals surface area contributed by atoms with E-state index < -0.39 is 5.91 Å². The fourth-order valence-electron chi connectivity index (χ4n) is 2.92. The molecule has 5 nitrogen and oxygen atoms in total. The maximum absolute atomic E-state index is 13.3. The zero-order chi connectivity index (χ0) is 23.8. The van der Waals surface area contributed by atoms with Gasteiger partial charge in [0, 0.05) is 6.54 Å². The highest BCUT2D eigenvalue weighted by molar-refractivity contribution is 6.37. The van der Waals surface area contributed by atoms with Crippen LogP contribution >= 0.6 is 23.2 Å². The Balaban J connectivity index is 1.69. The van der Waals surface area contributed by atoms with Gasteiger partial charge in [0.25, 0.3) is 5.91 Å². The van der Waals surface area contributed by atoms with Crippen LogP contribution in [-0.2, 0) is 17.9 Å². The van der Waals surface area contributed by atoms with Crippen LogP contribution in [-0.4, -0.2) is 13.0 Å². The lowest BCUT2D eigenvalue weighted by Gasteiger charge is -2.11. The quantitative estimate of drug-likeness (QED) is 0.317. The molecule has 0 fully saturated rings. The van der Waals surface area contributed by atoms with Gasteiger partial charge in [-0.3, -0.25) is 4.79 Å². The highest BCUT2D eigenvalue weighted by atomic mass is 35.5. The minimum atomic E-state index is -0.535. The lowest BCUT2D eigenvalue weighted by molar-refractivity contribution is -0.117. The summed E-state index contributed by atoms with van der Waals surface area (Å²) in [7, 11) is 1.57. The van der Waals surface area contributed by atoms with Crippen LogP contribution in [0.25, 0.3) is 6.08 Å². The number of nitrogens with zero attached hydrogens (tertiary/aromatic N) is 1. The van der Waals surface area contributed by atoms with Crippen molar-refractivity contribution in [3.05, 3.63) is 98.8 Å². The Morgan fingerprint density at radius 2 is 1.79 bits per heavy atom. The van der Waals surface area contributed by atoms with Gasteiger partial charge in [-0.1, -0.05) is 47.5 Å². The van der Waals surface area contributed by atoms with E-state index in [-0.39, 0.29) is 40.3 Å². The van der Waals surface area contributed by atoms with Crippen LogP contribution in [0.1, 0.15) is 16.7 Å². The van der Waals surface area contributed by atoms with E-state index in [1.54, 1.807) is 31.4 Å². The van der Waals surface area contributed by atoms with E-state index in [1.165, 1.54) is 30.3 Å². The molecule has 0 saturated heterocycles. The van der Waals surface area contributed by atoms with Gasteiger partial charge in [0.05, 0.1) is 17.2 Å². The molecule has 1 amide bonds. The van der Waals surface area contributed by atoms with Crippen molar-refractivity contribution in [1.82, 2.24) is 5.32 Å². The summed E-state index contributed by atoms with van der Waals surface area (Å²) < 4.78 is 24.1. The third-order valence-corrected chi connectivity index (χ3v) is 5.14. The summed E-state index contributed by atoms with van der Waals surface area (Å²) >= 11 is 12.6. The minimum absolute atomic E-state index is 0.0730. The van der Waals surface area contributed by atoms with Crippen LogP contribution in [0.2, 0.25) is 10.0 Å². The Morgan fingerprint density at radius 1 is 1.09 bits per heavy atom. The van der Waals surface area contributed by atoms with Crippen molar-refractivity contribution in [2.24, 2.45) is 0 Å². The summed E-state index contributed by atoms with van der Waals surface area (Å²) in [6.45, 7) is 0.319. The second-order valence-electron chi connectivity index (χ2n) is 6.93. The molecular weight excluding hydrogens is 466 g/mol. The van der Waals surface area contributed by atoms with Gasteiger partial charge in [0.1, 0.15) is 29.8 Å². The molecule has 0 unspecified atom stereocenters. The fourth-order valence-corrected chi connectivity index (χ4v) is 3.53. The topological polar surface area (TPSA) is 71.3 Å². The predicted molar refractivity (Wildman–Crippen MR) is 126 cm³/mol. The number of nitriles is 1. The number of nitrogens with one attached hydrogen (secondary N) is 1. The van der Waals surface area contributed by atoms with Crippen molar-refractivity contribution >= 4 is 35.2 Å². The average molecular weight is 485 g/mol. The van der Waals surface area contributed by atoms with Crippen LogP contribution in [0.15, 0.2) is 66.2 Å². The Labute approximate surface area is 201 Å². The van der Waals surface area contributed by atoms with Crippen LogP contribution in [0.4, 0.5) is 4.39 Å². The Bertz CT molecular complexity index is 1200. The molecule has 0 saturated carbocycles. The van der Waals surface area contributed by atoms with E-state index in [9.17, 15) is 14.4 Å². The Kier molecular flexibility index (Phi) is 8.31. The van der Waals surface area contributed by atoms with Crippen molar-refractivity contribution in [2.75, 3.05) is 7.11 Å². The lowest BCUT2D eigenvalue weighted by Crippen LogP contribution is -2.23. The molecule has 1 N–H and O–H groups in total. The van der Waals surface area contributed by atoms with Crippen LogP contribution in [0.3, 0.4) is 0 Å². The zero-order valence-electron chi connectivity index (χ0n) is 17.6. The molecule has 3 rings (SSSR count). The Morgan fingerprint density at radius 3 is 2.39 bits per heavy atom. The SMILES string of the molecule is COc1ccc(CNC(=O)/C(C#N)=C\c2cc(Cl)c(OCc3cccc(F)c3)c(Cl)c2)cc1. The van der Waals surface area contributed by atoms with Crippen molar-refractivity contribution in [3.8, 4) is 17.6 Å². The molecule has 0 radical (unpaired) electrons. The fraction of sp³-hybridized carbons (Fsp3) is 0.120. The van der Waals surface area contributed by atoms with Gasteiger partial charge in [0.2, 0.25) is 0 Å². The van der Waals surface area contributed by atoms with E-state index in [4.69, 9.17) is 32.7 Å². The van der Waals surface area contributed by atoms with E-state index in [1.807, 2.05) is 18.2 Å². The van der Waals surface area contributed by atoms with E-state index in [0.717, 1.165) is 5.56 Å². The molecule has 168 valence electrons. The number of hydrogen-bond acceptors (Lipinski definition) is 4. The highest BCUT2D eigenvalue weighted by Gasteiger charge is 2.13. The molecule has 0 aliphatic heterocycles. The Hall–Kier alpha value is -3.53. The van der Waals surface area contributed by atoms with Gasteiger partial charge >= 0.3 is 0 Å². The molecule has 0 aliphatic carbocycles. The second-order valence-corrected chi connectivity index (χ2v) is 7.75. The zero-order valence-corrected chi connectivity index (χ0v) is 19.1. The molecule has 0 aromatic heterocycles. The van der Waals surface area contributed by atoms with Crippen LogP contribution < -0.4 is 14.8 Å². The molecule has 3 aromatic rings. The van der Waals surface area contributed by atoms with Gasteiger partial charge in [-0.2, -0.15) is 5.26 Å². The highest BCUT2D eigenvalue weighted by Crippen LogP contribution is 2.35. The summed E-state index contributed by atoms with van der Waals surface area (Å²) in [5.41, 5.74) is 1.82. The van der Waals surface area contributed by atoms with Gasteiger partial charge in [-0.25, -0.2) is 4.39 Å². The monoisotopic (exact) mass is 484 g/mol. The second kappa shape index (κ2) is 11.4. The van der Waals surface area contributed by atoms with Crippen molar-refractivity contribution < 1.29 is 18.7 Å². The molecule has 0 aliphatic rings. The number of ether oxygens (including phenoxy) is 2. The van der Waals surface area contributed by atoms with Crippen molar-refractivity contribution in [2.45, 2.75) is 13.2 Å². The first-order chi connectivity index (χ1) is 15.9. The minimum Gasteiger partial charge on any atom is -0.497 e. The smallest absolute Gasteiger partial charge is 0.262 e. The van der Waals surface area contributed by atoms with Crippen molar-refractivity contribution in [1.29, 1.82) is 5.26 Å². The first-order valence-corrected chi connectivity index (χ1v) is 10.5. The number of amides is 1. The summed E-state index contributed by atoms with van der Waals surface area (Å²) in [5.74, 6) is 0.0251. The summed E-state index contributed by atoms with van der Waals surface area (Å²) in [5, 5.41) is 12.5. The first kappa shape index (κ1) is 24.1. The molecule has 33 heavy (non-hydrogen) atoms. The van der Waals surface area contributed by atoms with E-state index in [2.05, 4.69) is 5.32 Å². The summed E-state index contributed by atoms with van der Waals surface area (Å²) in [6, 6.07) is 18.1. The third-order valence-electron chi connectivity index (χ3n) is 4.58. The molecular formula is C25H19Cl2FN2O3. The largest absolute Gasteiger partial charge is 0.497 e. The maximum Gasteiger partial charge on any atom is 0.262 e. The number of carbonyl (C=O) groups is 1. The molecule has 3 aromatic carbocycles. The van der Waals surface area contributed by atoms with Gasteiger partial charge in [-0.15, -0.1) is 0 Å². The normalized spacial score (nSPS) is 10.9. The van der Waals surface area contributed by atoms with Gasteiger partial charge in [-0.05, 0) is 59.2 Å². The molecule has 0 atom stereocenters. The summed E-state index contributed by atoms with van der Waals surface area (Å²) in [6.07, 6.45) is 1.39. The number of halogens is 3. The molecule has 0 spiro atoms. The number of carbonyl (C=O) groups excluding carboxylic acids is 1. The van der Waals surface area contributed by atoms with E-state index >= 15 is 0 Å². The molecule has 0 heterocycles. The molecule has 8 heteroatoms. The number of methoxy groups -OCH3 is 1. The first-order valence-electron chi connectivity index (χ1n) is 9.79. The number of benzene rings is 3. The molecule has 0 bridgehead atoms. The summed E-state index contributed by atoms with van der Waals surface area (Å²) in [4.78, 5) is 12.5. The van der Waals surface area contributed by atoms with Crippen LogP contribution in [0.5, 0.6) is 11.5 Å². The number of rotatable bonds is 8. The number of hydrogen-bond donors (Lipinski definition) is 1.